The molecule has 4 fully saturated rings. The number of esters is 2. The lowest BCUT2D eigenvalue weighted by Crippen LogP contribution is -2.40. The number of hydrogen-bond donors (Lipinski definition) is 0. The van der Waals surface area contributed by atoms with E-state index in [1.165, 1.54) is 6.42 Å². The van der Waals surface area contributed by atoms with Crippen molar-refractivity contribution in [3.8, 4) is 0 Å². The molecule has 0 aliphatic heterocycles. The molecule has 5 atom stereocenters. The molecular weight excluding hydrogens is 316 g/mol. The quantitative estimate of drug-likeness (QED) is 0.713. The third kappa shape index (κ3) is 3.33. The molecule has 0 saturated heterocycles. The van der Waals surface area contributed by atoms with Gasteiger partial charge >= 0.3 is 11.9 Å². The monoisotopic (exact) mass is 348 g/mol. The summed E-state index contributed by atoms with van der Waals surface area (Å²) in [7, 11) is 0. The van der Waals surface area contributed by atoms with Crippen LogP contribution in [0.25, 0.3) is 0 Å². The van der Waals surface area contributed by atoms with Crippen molar-refractivity contribution in [1.82, 2.24) is 0 Å². The van der Waals surface area contributed by atoms with Gasteiger partial charge in [0.25, 0.3) is 0 Å². The number of carbonyl (C=O) groups is 2. The van der Waals surface area contributed by atoms with E-state index in [9.17, 15) is 9.59 Å². The first-order valence-corrected chi connectivity index (χ1v) is 10.2. The van der Waals surface area contributed by atoms with E-state index < -0.39 is 0 Å². The summed E-state index contributed by atoms with van der Waals surface area (Å²) < 4.78 is 11.8. The molecule has 0 aromatic heterocycles. The number of fused-ring (bicyclic) bond motifs is 2. The summed E-state index contributed by atoms with van der Waals surface area (Å²) in [5.41, 5.74) is -0.177. The van der Waals surface area contributed by atoms with Crippen LogP contribution in [-0.2, 0) is 19.1 Å². The Balaban J connectivity index is 1.35. The summed E-state index contributed by atoms with van der Waals surface area (Å²) in [4.78, 5) is 25.2. The molecule has 25 heavy (non-hydrogen) atoms. The van der Waals surface area contributed by atoms with Crippen molar-refractivity contribution in [3.05, 3.63) is 0 Å². The Morgan fingerprint density at radius 2 is 1.60 bits per heavy atom. The van der Waals surface area contributed by atoms with E-state index >= 15 is 0 Å². The molecule has 4 aliphatic carbocycles. The average Bonchev–Trinajstić information content (AvgIpc) is 2.88. The predicted octanol–water partition coefficient (Wildman–Crippen LogP) is 4.26. The molecule has 4 saturated carbocycles. The molecule has 4 nitrogen and oxygen atoms in total. The SMILES string of the molecule is CC1(OC(=O)C2CC3CC(OC(=O)C4CC4(C)C)C2C3)CCCCC1. The number of ether oxygens (including phenoxy) is 2. The summed E-state index contributed by atoms with van der Waals surface area (Å²) in [6, 6.07) is 0. The highest BCUT2D eigenvalue weighted by Gasteiger charge is 2.56. The van der Waals surface area contributed by atoms with E-state index in [1.807, 2.05) is 0 Å². The van der Waals surface area contributed by atoms with E-state index in [4.69, 9.17) is 9.47 Å². The van der Waals surface area contributed by atoms with Crippen molar-refractivity contribution >= 4 is 11.9 Å². The van der Waals surface area contributed by atoms with Crippen LogP contribution in [0.2, 0.25) is 0 Å². The largest absolute Gasteiger partial charge is 0.462 e. The highest BCUT2D eigenvalue weighted by Crippen LogP contribution is 2.54. The Morgan fingerprint density at radius 3 is 2.20 bits per heavy atom. The summed E-state index contributed by atoms with van der Waals surface area (Å²) in [5.74, 6) is 0.598. The van der Waals surface area contributed by atoms with Crippen LogP contribution < -0.4 is 0 Å². The Hall–Kier alpha value is -1.06. The van der Waals surface area contributed by atoms with Crippen LogP contribution in [0.4, 0.5) is 0 Å². The van der Waals surface area contributed by atoms with Crippen molar-refractivity contribution in [2.24, 2.45) is 29.1 Å². The van der Waals surface area contributed by atoms with E-state index in [-0.39, 0.29) is 46.8 Å². The molecule has 0 amide bonds. The number of carbonyl (C=O) groups excluding carboxylic acids is 2. The Kier molecular flexibility index (Phi) is 4.16. The van der Waals surface area contributed by atoms with Crippen LogP contribution in [0, 0.1) is 29.1 Å². The second-order valence-electron chi connectivity index (χ2n) is 10.00. The minimum absolute atomic E-state index is 0.0376. The molecular formula is C21H32O4. The van der Waals surface area contributed by atoms with Crippen LogP contribution >= 0.6 is 0 Å². The van der Waals surface area contributed by atoms with Gasteiger partial charge in [-0.2, -0.15) is 0 Å². The van der Waals surface area contributed by atoms with Crippen molar-refractivity contribution in [1.29, 1.82) is 0 Å². The molecule has 4 heteroatoms. The summed E-state index contributed by atoms with van der Waals surface area (Å²) >= 11 is 0. The summed E-state index contributed by atoms with van der Waals surface area (Å²) in [6.07, 6.45) is 9.24. The lowest BCUT2D eigenvalue weighted by atomic mass is 9.84. The molecule has 2 bridgehead atoms. The smallest absolute Gasteiger partial charge is 0.309 e. The van der Waals surface area contributed by atoms with Crippen molar-refractivity contribution in [3.63, 3.8) is 0 Å². The Labute approximate surface area is 151 Å². The van der Waals surface area contributed by atoms with E-state index in [2.05, 4.69) is 20.8 Å². The maximum atomic E-state index is 12.8. The number of rotatable bonds is 4. The van der Waals surface area contributed by atoms with Gasteiger partial charge in [-0.1, -0.05) is 20.3 Å². The topological polar surface area (TPSA) is 52.6 Å². The highest BCUT2D eigenvalue weighted by atomic mass is 16.6. The lowest BCUT2D eigenvalue weighted by molar-refractivity contribution is -0.173. The molecule has 4 rings (SSSR count). The Morgan fingerprint density at radius 1 is 0.920 bits per heavy atom. The van der Waals surface area contributed by atoms with Crippen LogP contribution in [0.3, 0.4) is 0 Å². The van der Waals surface area contributed by atoms with Gasteiger partial charge in [-0.15, -0.1) is 0 Å². The van der Waals surface area contributed by atoms with Crippen molar-refractivity contribution in [2.45, 2.75) is 90.3 Å². The zero-order valence-corrected chi connectivity index (χ0v) is 15.9. The molecule has 4 aliphatic rings. The maximum absolute atomic E-state index is 12.8. The van der Waals surface area contributed by atoms with E-state index in [1.54, 1.807) is 0 Å². The minimum Gasteiger partial charge on any atom is -0.462 e. The third-order valence-electron chi connectivity index (χ3n) is 7.38. The van der Waals surface area contributed by atoms with Gasteiger partial charge in [0.05, 0.1) is 11.8 Å². The zero-order valence-electron chi connectivity index (χ0n) is 15.9. The van der Waals surface area contributed by atoms with Crippen LogP contribution in [0.15, 0.2) is 0 Å². The van der Waals surface area contributed by atoms with Gasteiger partial charge in [0.1, 0.15) is 11.7 Å². The fourth-order valence-electron chi connectivity index (χ4n) is 5.51. The van der Waals surface area contributed by atoms with Gasteiger partial charge in [0.15, 0.2) is 0 Å². The van der Waals surface area contributed by atoms with E-state index in [0.29, 0.717) is 5.92 Å². The maximum Gasteiger partial charge on any atom is 0.309 e. The minimum atomic E-state index is -0.276. The lowest BCUT2D eigenvalue weighted by Gasteiger charge is -2.36. The standard InChI is InChI=1S/C21H32O4/c1-20(2)12-16(20)19(23)24-17-11-13-9-14(17)15(10-13)18(22)25-21(3)7-5-4-6-8-21/h13-17H,4-12H2,1-3H3. The third-order valence-corrected chi connectivity index (χ3v) is 7.38. The zero-order chi connectivity index (χ0) is 17.8. The van der Waals surface area contributed by atoms with Crippen molar-refractivity contribution in [2.75, 3.05) is 0 Å². The molecule has 0 aromatic carbocycles. The van der Waals surface area contributed by atoms with Gasteiger partial charge in [-0.05, 0) is 69.6 Å². The van der Waals surface area contributed by atoms with Crippen molar-refractivity contribution < 1.29 is 19.1 Å². The Bertz CT molecular complexity index is 560. The second-order valence-corrected chi connectivity index (χ2v) is 10.00. The van der Waals surface area contributed by atoms with Crippen LogP contribution in [-0.4, -0.2) is 23.6 Å². The van der Waals surface area contributed by atoms with Crippen LogP contribution in [0.5, 0.6) is 0 Å². The summed E-state index contributed by atoms with van der Waals surface area (Å²) in [6.45, 7) is 6.32. The highest BCUT2D eigenvalue weighted by molar-refractivity contribution is 5.77. The molecule has 0 radical (unpaired) electrons. The first kappa shape index (κ1) is 17.4. The molecule has 0 heterocycles. The van der Waals surface area contributed by atoms with Gasteiger partial charge in [0, 0.05) is 5.92 Å². The fraction of sp³-hybridized carbons (Fsp3) is 0.905. The normalized spacial score (nSPS) is 40.5. The molecule has 140 valence electrons. The van der Waals surface area contributed by atoms with Gasteiger partial charge < -0.3 is 9.47 Å². The van der Waals surface area contributed by atoms with E-state index in [0.717, 1.165) is 51.4 Å². The summed E-state index contributed by atoms with van der Waals surface area (Å²) in [5, 5.41) is 0. The number of hydrogen-bond acceptors (Lipinski definition) is 4. The first-order valence-electron chi connectivity index (χ1n) is 10.2. The van der Waals surface area contributed by atoms with Gasteiger partial charge in [0.2, 0.25) is 0 Å². The average molecular weight is 348 g/mol. The van der Waals surface area contributed by atoms with Gasteiger partial charge in [-0.3, -0.25) is 9.59 Å². The first-order chi connectivity index (χ1) is 11.8. The predicted molar refractivity (Wildman–Crippen MR) is 93.7 cm³/mol. The second kappa shape index (κ2) is 5.99. The van der Waals surface area contributed by atoms with Gasteiger partial charge in [-0.25, -0.2) is 0 Å². The molecule has 5 unspecified atom stereocenters. The molecule has 0 spiro atoms. The molecule has 0 aromatic rings. The van der Waals surface area contributed by atoms with Crippen LogP contribution in [0.1, 0.15) is 78.6 Å². The molecule has 0 N–H and O–H groups in total. The fourth-order valence-corrected chi connectivity index (χ4v) is 5.51.